The summed E-state index contributed by atoms with van der Waals surface area (Å²) in [6.45, 7) is 1.09. The molecular weight excluding hydrogens is 284 g/mol. The topological polar surface area (TPSA) is 38.7 Å². The Labute approximate surface area is 129 Å². The van der Waals surface area contributed by atoms with Gasteiger partial charge in [0.2, 0.25) is 0 Å². The molecular formula is C17H18O3S. The zero-order chi connectivity index (χ0) is 14.9. The Bertz CT molecular complexity index is 605. The molecule has 0 bridgehead atoms. The van der Waals surface area contributed by atoms with Gasteiger partial charge < -0.3 is 14.6 Å². The summed E-state index contributed by atoms with van der Waals surface area (Å²) in [6.07, 6.45) is 0.905. The monoisotopic (exact) mass is 302 g/mol. The molecule has 1 aromatic heterocycles. The van der Waals surface area contributed by atoms with Crippen LogP contribution in [0.2, 0.25) is 0 Å². The largest absolute Gasteiger partial charge is 0.488 e. The van der Waals surface area contributed by atoms with E-state index in [4.69, 9.17) is 14.6 Å². The molecule has 110 valence electrons. The van der Waals surface area contributed by atoms with Crippen LogP contribution in [-0.2, 0) is 17.8 Å². The molecule has 0 aliphatic carbocycles. The normalized spacial score (nSPS) is 10.0. The van der Waals surface area contributed by atoms with Crippen LogP contribution in [0.1, 0.15) is 16.0 Å². The maximum atomic E-state index is 8.74. The Kier molecular flexibility index (Phi) is 6.29. The van der Waals surface area contributed by atoms with Crippen molar-refractivity contribution in [2.45, 2.75) is 13.0 Å². The van der Waals surface area contributed by atoms with E-state index in [-0.39, 0.29) is 6.61 Å². The molecule has 0 unspecified atom stereocenters. The fourth-order valence-electron chi connectivity index (χ4n) is 1.82. The first-order chi connectivity index (χ1) is 10.3. The van der Waals surface area contributed by atoms with Crippen molar-refractivity contribution in [2.24, 2.45) is 0 Å². The summed E-state index contributed by atoms with van der Waals surface area (Å²) in [6, 6.07) is 9.99. The number of rotatable bonds is 6. The predicted octanol–water partition coefficient (Wildman–Crippen LogP) is 2.86. The van der Waals surface area contributed by atoms with Crippen molar-refractivity contribution in [2.75, 3.05) is 20.3 Å². The molecule has 0 saturated carbocycles. The number of methoxy groups -OCH3 is 1. The van der Waals surface area contributed by atoms with Crippen molar-refractivity contribution >= 4 is 11.3 Å². The molecule has 0 atom stereocenters. The fourth-order valence-corrected chi connectivity index (χ4v) is 2.56. The van der Waals surface area contributed by atoms with Crippen LogP contribution in [0.5, 0.6) is 5.75 Å². The molecule has 3 nitrogen and oxygen atoms in total. The molecule has 21 heavy (non-hydrogen) atoms. The Morgan fingerprint density at radius 1 is 1.19 bits per heavy atom. The van der Waals surface area contributed by atoms with E-state index in [0.29, 0.717) is 6.61 Å². The van der Waals surface area contributed by atoms with Crippen LogP contribution < -0.4 is 4.74 Å². The molecule has 0 fully saturated rings. The lowest BCUT2D eigenvalue weighted by Gasteiger charge is -2.06. The van der Waals surface area contributed by atoms with Gasteiger partial charge in [-0.3, -0.25) is 0 Å². The van der Waals surface area contributed by atoms with Gasteiger partial charge in [-0.15, -0.1) is 11.3 Å². The van der Waals surface area contributed by atoms with Gasteiger partial charge in [-0.1, -0.05) is 24.0 Å². The van der Waals surface area contributed by atoms with Crippen LogP contribution in [0.4, 0.5) is 0 Å². The maximum absolute atomic E-state index is 8.74. The molecule has 4 heteroatoms. The fraction of sp³-hybridized carbons (Fsp3) is 0.294. The summed E-state index contributed by atoms with van der Waals surface area (Å²) in [4.78, 5) is 1.07. The van der Waals surface area contributed by atoms with Gasteiger partial charge in [-0.2, -0.15) is 0 Å². The Morgan fingerprint density at radius 2 is 2.00 bits per heavy atom. The van der Waals surface area contributed by atoms with Gasteiger partial charge in [0.25, 0.3) is 0 Å². The number of hydrogen-bond donors (Lipinski definition) is 1. The second-order valence-electron chi connectivity index (χ2n) is 4.39. The highest BCUT2D eigenvalue weighted by atomic mass is 32.1. The van der Waals surface area contributed by atoms with E-state index in [2.05, 4.69) is 24.0 Å². The van der Waals surface area contributed by atoms with E-state index >= 15 is 0 Å². The minimum Gasteiger partial charge on any atom is -0.488 e. The molecule has 0 spiro atoms. The van der Waals surface area contributed by atoms with Crippen molar-refractivity contribution in [1.82, 2.24) is 0 Å². The average Bonchev–Trinajstić information content (AvgIpc) is 2.97. The first kappa shape index (κ1) is 15.6. The Morgan fingerprint density at radius 3 is 2.71 bits per heavy atom. The lowest BCUT2D eigenvalue weighted by Crippen LogP contribution is -1.97. The van der Waals surface area contributed by atoms with Crippen LogP contribution in [0.3, 0.4) is 0 Å². The lowest BCUT2D eigenvalue weighted by atomic mass is 10.1. The second-order valence-corrected chi connectivity index (χ2v) is 5.39. The number of aliphatic hydroxyl groups is 1. The molecule has 0 radical (unpaired) electrons. The molecule has 1 N–H and O–H groups in total. The first-order valence-electron chi connectivity index (χ1n) is 6.70. The van der Waals surface area contributed by atoms with Gasteiger partial charge in [0, 0.05) is 12.7 Å². The van der Waals surface area contributed by atoms with Gasteiger partial charge in [-0.05, 0) is 35.6 Å². The van der Waals surface area contributed by atoms with Crippen molar-refractivity contribution in [1.29, 1.82) is 0 Å². The molecule has 2 aromatic rings. The van der Waals surface area contributed by atoms with Crippen LogP contribution in [0.15, 0.2) is 35.7 Å². The standard InChI is InChI=1S/C17H18O3S/c1-19-11-8-14-4-6-16(7-5-14)20-13-17-15(3-2-10-18)9-12-21-17/h4-7,9,12,18H,8,10-11,13H2,1H3. The molecule has 1 heterocycles. The summed E-state index contributed by atoms with van der Waals surface area (Å²) in [7, 11) is 1.70. The first-order valence-corrected chi connectivity index (χ1v) is 7.58. The number of ether oxygens (including phenoxy) is 2. The van der Waals surface area contributed by atoms with E-state index in [0.717, 1.165) is 29.2 Å². The average molecular weight is 302 g/mol. The van der Waals surface area contributed by atoms with Crippen LogP contribution in [0, 0.1) is 11.8 Å². The quantitative estimate of drug-likeness (QED) is 0.834. The molecule has 0 aliphatic rings. The van der Waals surface area contributed by atoms with Crippen LogP contribution in [0.25, 0.3) is 0 Å². The van der Waals surface area contributed by atoms with E-state index in [1.807, 2.05) is 23.6 Å². The van der Waals surface area contributed by atoms with E-state index < -0.39 is 0 Å². The lowest BCUT2D eigenvalue weighted by molar-refractivity contribution is 0.202. The van der Waals surface area contributed by atoms with Gasteiger partial charge in [0.1, 0.15) is 19.0 Å². The zero-order valence-corrected chi connectivity index (χ0v) is 12.8. The zero-order valence-electron chi connectivity index (χ0n) is 12.0. The minimum atomic E-state index is -0.126. The van der Waals surface area contributed by atoms with Crippen molar-refractivity contribution in [3.05, 3.63) is 51.7 Å². The van der Waals surface area contributed by atoms with Gasteiger partial charge in [0.15, 0.2) is 0 Å². The third kappa shape index (κ3) is 4.91. The summed E-state index contributed by atoms with van der Waals surface area (Å²) in [5.74, 6) is 6.43. The third-order valence-electron chi connectivity index (χ3n) is 2.94. The van der Waals surface area contributed by atoms with E-state index in [9.17, 15) is 0 Å². The minimum absolute atomic E-state index is 0.126. The number of benzene rings is 1. The van der Waals surface area contributed by atoms with Gasteiger partial charge in [0.05, 0.1) is 11.5 Å². The number of hydrogen-bond acceptors (Lipinski definition) is 4. The molecule has 1 aromatic carbocycles. The second kappa shape index (κ2) is 8.48. The number of thiophene rings is 1. The summed E-state index contributed by atoms with van der Waals surface area (Å²) in [5.41, 5.74) is 2.15. The highest BCUT2D eigenvalue weighted by Gasteiger charge is 2.03. The highest BCUT2D eigenvalue weighted by molar-refractivity contribution is 7.10. The van der Waals surface area contributed by atoms with Crippen LogP contribution >= 0.6 is 11.3 Å². The van der Waals surface area contributed by atoms with Crippen molar-refractivity contribution in [3.63, 3.8) is 0 Å². The van der Waals surface area contributed by atoms with E-state index in [1.54, 1.807) is 18.4 Å². The molecule has 0 saturated heterocycles. The Balaban J connectivity index is 1.92. The van der Waals surface area contributed by atoms with Crippen molar-refractivity contribution in [3.8, 4) is 17.6 Å². The van der Waals surface area contributed by atoms with E-state index in [1.165, 1.54) is 5.56 Å². The molecule has 2 rings (SSSR count). The van der Waals surface area contributed by atoms with Gasteiger partial charge >= 0.3 is 0 Å². The van der Waals surface area contributed by atoms with Crippen LogP contribution in [-0.4, -0.2) is 25.4 Å². The van der Waals surface area contributed by atoms with Crippen molar-refractivity contribution < 1.29 is 14.6 Å². The third-order valence-corrected chi connectivity index (χ3v) is 3.83. The van der Waals surface area contributed by atoms with Gasteiger partial charge in [-0.25, -0.2) is 0 Å². The summed E-state index contributed by atoms with van der Waals surface area (Å²) in [5, 5.41) is 10.7. The smallest absolute Gasteiger partial charge is 0.124 e. The highest BCUT2D eigenvalue weighted by Crippen LogP contribution is 2.20. The summed E-state index contributed by atoms with van der Waals surface area (Å²) >= 11 is 1.61. The summed E-state index contributed by atoms with van der Waals surface area (Å²) < 4.78 is 10.8. The SMILES string of the molecule is COCCc1ccc(OCc2sccc2C#CCO)cc1. The molecule has 0 amide bonds. The maximum Gasteiger partial charge on any atom is 0.124 e. The predicted molar refractivity (Wildman–Crippen MR) is 84.6 cm³/mol. The molecule has 0 aliphatic heterocycles. The Hall–Kier alpha value is -1.80. The number of aliphatic hydroxyl groups excluding tert-OH is 1.